The van der Waals surface area contributed by atoms with Gasteiger partial charge in [-0.2, -0.15) is 0 Å². The number of anilines is 1. The van der Waals surface area contributed by atoms with Crippen LogP contribution in [0.5, 0.6) is 0 Å². The van der Waals surface area contributed by atoms with E-state index in [1.54, 1.807) is 0 Å². The van der Waals surface area contributed by atoms with Crippen molar-refractivity contribution in [2.75, 3.05) is 11.9 Å². The Balaban J connectivity index is 1.86. The third kappa shape index (κ3) is 6.44. The van der Waals surface area contributed by atoms with Crippen molar-refractivity contribution in [3.63, 3.8) is 0 Å². The van der Waals surface area contributed by atoms with Crippen molar-refractivity contribution in [1.82, 2.24) is 5.32 Å². The molecule has 0 heterocycles. The zero-order valence-electron chi connectivity index (χ0n) is 15.0. The molecule has 2 amide bonds. The molecule has 9 nitrogen and oxygen atoms in total. The van der Waals surface area contributed by atoms with Crippen LogP contribution < -0.4 is 10.6 Å². The van der Waals surface area contributed by atoms with Crippen molar-refractivity contribution in [1.29, 1.82) is 0 Å². The average molecular weight is 440 g/mol. The lowest BCUT2D eigenvalue weighted by Gasteiger charge is -2.14. The maximum Gasteiger partial charge on any atom is 0.326 e. The molecular weight excluding hydrogens is 425 g/mol. The smallest absolute Gasteiger partial charge is 0.326 e. The van der Waals surface area contributed by atoms with Crippen LogP contribution in [0.25, 0.3) is 0 Å². The molecule has 0 aromatic heterocycles. The molecule has 2 rings (SSSR count). The monoisotopic (exact) mass is 439 g/mol. The molecule has 0 bridgehead atoms. The maximum atomic E-state index is 12.1. The number of hydrogen-bond acceptors (Lipinski definition) is 6. The van der Waals surface area contributed by atoms with Gasteiger partial charge in [0.1, 0.15) is 6.54 Å². The molecule has 2 aromatic rings. The highest BCUT2D eigenvalue weighted by atomic mass is 35.5. The van der Waals surface area contributed by atoms with Crippen LogP contribution in [0.2, 0.25) is 10.0 Å². The SMILES string of the molecule is C[C@@H](OC(=O)CNC(=O)c1ccc(Cl)cc1Cl)C(=O)Nc1cccc([N+](=O)[O-])c1. The molecule has 0 aliphatic heterocycles. The third-order valence-electron chi connectivity index (χ3n) is 3.57. The highest BCUT2D eigenvalue weighted by Gasteiger charge is 2.20. The van der Waals surface area contributed by atoms with Crippen molar-refractivity contribution in [3.05, 3.63) is 68.2 Å². The van der Waals surface area contributed by atoms with E-state index in [0.29, 0.717) is 5.02 Å². The highest BCUT2D eigenvalue weighted by Crippen LogP contribution is 2.21. The third-order valence-corrected chi connectivity index (χ3v) is 4.12. The van der Waals surface area contributed by atoms with Crippen molar-refractivity contribution >= 4 is 52.4 Å². The molecule has 152 valence electrons. The predicted molar refractivity (Wildman–Crippen MR) is 106 cm³/mol. The lowest BCUT2D eigenvalue weighted by Crippen LogP contribution is -2.35. The minimum atomic E-state index is -1.20. The van der Waals surface area contributed by atoms with Gasteiger partial charge in [0.15, 0.2) is 6.10 Å². The van der Waals surface area contributed by atoms with Gasteiger partial charge in [-0.25, -0.2) is 0 Å². The van der Waals surface area contributed by atoms with Crippen LogP contribution in [0.15, 0.2) is 42.5 Å². The summed E-state index contributed by atoms with van der Waals surface area (Å²) in [6.07, 6.45) is -1.20. The largest absolute Gasteiger partial charge is 0.451 e. The molecule has 11 heteroatoms. The molecule has 0 unspecified atom stereocenters. The molecule has 2 aromatic carbocycles. The molecule has 29 heavy (non-hydrogen) atoms. The Morgan fingerprint density at radius 1 is 1.17 bits per heavy atom. The summed E-state index contributed by atoms with van der Waals surface area (Å²) in [4.78, 5) is 46.2. The molecule has 0 spiro atoms. The molecule has 0 saturated heterocycles. The first-order valence-corrected chi connectivity index (χ1v) is 8.91. The Bertz CT molecular complexity index is 966. The molecule has 0 aliphatic rings. The van der Waals surface area contributed by atoms with Crippen molar-refractivity contribution < 1.29 is 24.0 Å². The van der Waals surface area contributed by atoms with E-state index in [4.69, 9.17) is 27.9 Å². The number of esters is 1. The zero-order chi connectivity index (χ0) is 21.6. The lowest BCUT2D eigenvalue weighted by molar-refractivity contribution is -0.384. The van der Waals surface area contributed by atoms with E-state index in [9.17, 15) is 24.5 Å². The van der Waals surface area contributed by atoms with Crippen LogP contribution in [0.4, 0.5) is 11.4 Å². The van der Waals surface area contributed by atoms with E-state index in [0.717, 1.165) is 0 Å². The average Bonchev–Trinajstić information content (AvgIpc) is 2.66. The van der Waals surface area contributed by atoms with E-state index >= 15 is 0 Å². The Morgan fingerprint density at radius 3 is 2.55 bits per heavy atom. The summed E-state index contributed by atoms with van der Waals surface area (Å²) in [6, 6.07) is 9.56. The second-order valence-corrected chi connectivity index (χ2v) is 6.58. The van der Waals surface area contributed by atoms with E-state index in [2.05, 4.69) is 10.6 Å². The zero-order valence-corrected chi connectivity index (χ0v) is 16.5. The fourth-order valence-electron chi connectivity index (χ4n) is 2.15. The standard InChI is InChI=1S/C18H15Cl2N3O6/c1-10(17(25)22-12-3-2-4-13(8-12)23(27)28)29-16(24)9-21-18(26)14-6-5-11(19)7-15(14)20/h2-8,10H,9H2,1H3,(H,21,26)(H,22,25)/t10-/m1/s1. The number of non-ortho nitro benzene ring substituents is 1. The number of carbonyl (C=O) groups is 3. The first kappa shape index (κ1) is 22.1. The molecule has 0 fully saturated rings. The lowest BCUT2D eigenvalue weighted by atomic mass is 10.2. The summed E-state index contributed by atoms with van der Waals surface area (Å²) < 4.78 is 4.94. The quantitative estimate of drug-likeness (QED) is 0.387. The first-order chi connectivity index (χ1) is 13.7. The van der Waals surface area contributed by atoms with Crippen LogP contribution in [-0.4, -0.2) is 35.4 Å². The summed E-state index contributed by atoms with van der Waals surface area (Å²) in [5.41, 5.74) is 0.106. The number of rotatable bonds is 7. The van der Waals surface area contributed by atoms with Crippen LogP contribution >= 0.6 is 23.2 Å². The summed E-state index contributed by atoms with van der Waals surface area (Å²) in [5.74, 6) is -2.16. The van der Waals surface area contributed by atoms with Crippen molar-refractivity contribution in [3.8, 4) is 0 Å². The van der Waals surface area contributed by atoms with Crippen LogP contribution in [-0.2, 0) is 14.3 Å². The Labute approximate surface area is 175 Å². The number of nitro groups is 1. The molecular formula is C18H15Cl2N3O6. The van der Waals surface area contributed by atoms with Gasteiger partial charge in [0.2, 0.25) is 0 Å². The van der Waals surface area contributed by atoms with Crippen molar-refractivity contribution in [2.24, 2.45) is 0 Å². The number of ether oxygens (including phenoxy) is 1. The van der Waals surface area contributed by atoms with Gasteiger partial charge in [-0.3, -0.25) is 24.5 Å². The summed E-state index contributed by atoms with van der Waals surface area (Å²) in [7, 11) is 0. The van der Waals surface area contributed by atoms with E-state index in [-0.39, 0.29) is 22.0 Å². The van der Waals surface area contributed by atoms with Gasteiger partial charge < -0.3 is 15.4 Å². The Hall–Kier alpha value is -3.17. The highest BCUT2D eigenvalue weighted by molar-refractivity contribution is 6.36. The van der Waals surface area contributed by atoms with Gasteiger partial charge in [0, 0.05) is 22.8 Å². The van der Waals surface area contributed by atoms with E-state index < -0.39 is 35.4 Å². The van der Waals surface area contributed by atoms with Gasteiger partial charge in [0.05, 0.1) is 15.5 Å². The van der Waals surface area contributed by atoms with Gasteiger partial charge in [-0.15, -0.1) is 0 Å². The first-order valence-electron chi connectivity index (χ1n) is 8.15. The maximum absolute atomic E-state index is 12.1. The number of nitrogens with zero attached hydrogens (tertiary/aromatic N) is 1. The molecule has 2 N–H and O–H groups in total. The number of carbonyl (C=O) groups excluding carboxylic acids is 3. The summed E-state index contributed by atoms with van der Waals surface area (Å²) in [5, 5.41) is 16.0. The minimum absolute atomic E-state index is 0.119. The number of halogens is 2. The predicted octanol–water partition coefficient (Wildman–Crippen LogP) is 3.20. The van der Waals surface area contributed by atoms with Crippen LogP contribution in [0.3, 0.4) is 0 Å². The molecule has 0 saturated carbocycles. The van der Waals surface area contributed by atoms with Gasteiger partial charge >= 0.3 is 5.97 Å². The van der Waals surface area contributed by atoms with Crippen LogP contribution in [0, 0.1) is 10.1 Å². The number of nitro benzene ring substituents is 1. The van der Waals surface area contributed by atoms with E-state index in [1.807, 2.05) is 0 Å². The fourth-order valence-corrected chi connectivity index (χ4v) is 2.65. The number of hydrogen-bond donors (Lipinski definition) is 2. The second kappa shape index (κ2) is 9.85. The Kier molecular flexibility index (Phi) is 7.52. The molecule has 1 atom stereocenters. The van der Waals surface area contributed by atoms with Gasteiger partial charge in [-0.1, -0.05) is 29.3 Å². The van der Waals surface area contributed by atoms with E-state index in [1.165, 1.54) is 49.4 Å². The van der Waals surface area contributed by atoms with Crippen molar-refractivity contribution in [2.45, 2.75) is 13.0 Å². The normalized spacial score (nSPS) is 11.3. The topological polar surface area (TPSA) is 128 Å². The minimum Gasteiger partial charge on any atom is -0.451 e. The number of amides is 2. The van der Waals surface area contributed by atoms with Crippen LogP contribution in [0.1, 0.15) is 17.3 Å². The number of nitrogens with one attached hydrogen (secondary N) is 2. The Morgan fingerprint density at radius 2 is 1.90 bits per heavy atom. The number of benzene rings is 2. The summed E-state index contributed by atoms with van der Waals surface area (Å²) >= 11 is 11.7. The van der Waals surface area contributed by atoms with Gasteiger partial charge in [-0.05, 0) is 31.2 Å². The molecule has 0 aliphatic carbocycles. The summed E-state index contributed by atoms with van der Waals surface area (Å²) in [6.45, 7) is 0.828. The second-order valence-electron chi connectivity index (χ2n) is 5.74. The fraction of sp³-hybridized carbons (Fsp3) is 0.167. The van der Waals surface area contributed by atoms with Gasteiger partial charge in [0.25, 0.3) is 17.5 Å². The molecule has 0 radical (unpaired) electrons.